The van der Waals surface area contributed by atoms with Gasteiger partial charge in [0.1, 0.15) is 5.54 Å². The lowest BCUT2D eigenvalue weighted by molar-refractivity contribution is -0.138. The molecule has 2 saturated heterocycles. The Hall–Kier alpha value is -3.22. The van der Waals surface area contributed by atoms with Crippen LogP contribution < -0.4 is 5.73 Å². The molecule has 0 aliphatic carbocycles. The van der Waals surface area contributed by atoms with E-state index >= 15 is 0 Å². The number of hydrogen-bond acceptors (Lipinski definition) is 7. The quantitative estimate of drug-likeness (QED) is 0.682. The predicted octanol–water partition coefficient (Wildman–Crippen LogP) is 2.05. The van der Waals surface area contributed by atoms with Crippen molar-refractivity contribution in [1.82, 2.24) is 14.8 Å². The summed E-state index contributed by atoms with van der Waals surface area (Å²) in [7, 11) is 1.64. The number of aromatic nitrogens is 1. The van der Waals surface area contributed by atoms with Crippen LogP contribution in [0.15, 0.2) is 34.9 Å². The van der Waals surface area contributed by atoms with Gasteiger partial charge in [-0.1, -0.05) is 5.92 Å². The number of pyridine rings is 1. The molecule has 3 aliphatic rings. The largest absolute Gasteiger partial charge is 0.381 e. The molecule has 0 radical (unpaired) electrons. The molecule has 176 valence electrons. The summed E-state index contributed by atoms with van der Waals surface area (Å²) in [6, 6.07) is 4.05. The molecule has 0 aromatic carbocycles. The van der Waals surface area contributed by atoms with Gasteiger partial charge in [-0.15, -0.1) is 17.3 Å². The van der Waals surface area contributed by atoms with Gasteiger partial charge in [0, 0.05) is 61.1 Å². The molecule has 8 nitrogen and oxygen atoms in total. The number of amides is 2. The van der Waals surface area contributed by atoms with Crippen LogP contribution in [0.25, 0.3) is 11.1 Å². The number of thiophene rings is 1. The molecule has 2 atom stereocenters. The number of nitrogens with zero attached hydrogens (tertiary/aromatic N) is 4. The van der Waals surface area contributed by atoms with Crippen LogP contribution in [-0.2, 0) is 19.9 Å². The third-order valence-electron chi connectivity index (χ3n) is 6.95. The van der Waals surface area contributed by atoms with E-state index in [4.69, 9.17) is 15.5 Å². The zero-order valence-corrected chi connectivity index (χ0v) is 20.1. The van der Waals surface area contributed by atoms with E-state index in [-0.39, 0.29) is 23.7 Å². The number of aliphatic imine (C=N–C) groups is 1. The Labute approximate surface area is 202 Å². The van der Waals surface area contributed by atoms with Crippen molar-refractivity contribution in [1.29, 1.82) is 0 Å². The number of likely N-dealkylation sites (tertiary alicyclic amines) is 1. The van der Waals surface area contributed by atoms with E-state index in [0.29, 0.717) is 39.1 Å². The summed E-state index contributed by atoms with van der Waals surface area (Å²) >= 11 is 1.54. The van der Waals surface area contributed by atoms with Crippen LogP contribution in [0.3, 0.4) is 0 Å². The molecule has 0 saturated carbocycles. The van der Waals surface area contributed by atoms with Crippen molar-refractivity contribution in [3.8, 4) is 23.0 Å². The molecule has 34 heavy (non-hydrogen) atoms. The lowest BCUT2D eigenvalue weighted by Crippen LogP contribution is -2.54. The SMILES string of the molecule is CC#Cc1cncc(-c2csc([C@]34CN(C(=O)C5CCOCC5)CC3C(=O)N(C)C(N)=N4)c2)c1. The first-order chi connectivity index (χ1) is 16.4. The number of carbonyl (C=O) groups is 2. The molecule has 3 aliphatic heterocycles. The lowest BCUT2D eigenvalue weighted by atomic mass is 9.83. The number of carbonyl (C=O) groups excluding carboxylic acids is 2. The first-order valence-electron chi connectivity index (χ1n) is 11.4. The Morgan fingerprint density at radius 1 is 1.26 bits per heavy atom. The number of guanidine groups is 1. The molecule has 5 heterocycles. The van der Waals surface area contributed by atoms with Gasteiger partial charge in [-0.2, -0.15) is 0 Å². The van der Waals surface area contributed by atoms with Crippen LogP contribution in [0.2, 0.25) is 0 Å². The van der Waals surface area contributed by atoms with Crippen LogP contribution >= 0.6 is 11.3 Å². The van der Waals surface area contributed by atoms with Gasteiger partial charge in [-0.3, -0.25) is 19.5 Å². The minimum absolute atomic E-state index is 0.0764. The number of fused-ring (bicyclic) bond motifs is 1. The van der Waals surface area contributed by atoms with E-state index in [2.05, 4.69) is 22.9 Å². The standard InChI is InChI=1S/C25H27N5O3S/c1-3-4-16-9-18(12-27-11-16)19-10-21(34-14-19)25-15-30(22(31)17-5-7-33-8-6-17)13-20(25)23(32)29(2)24(26)28-25/h9-12,14,17,20H,5-8,13,15H2,1-2H3,(H2,26,28)/t20?,25-/m0/s1. The fraction of sp³-hybridized carbons (Fsp3) is 0.440. The average Bonchev–Trinajstić information content (AvgIpc) is 3.50. The minimum Gasteiger partial charge on any atom is -0.381 e. The molecule has 0 bridgehead atoms. The highest BCUT2D eigenvalue weighted by atomic mass is 32.1. The monoisotopic (exact) mass is 477 g/mol. The van der Waals surface area contributed by atoms with Crippen LogP contribution in [0, 0.1) is 23.7 Å². The molecule has 1 unspecified atom stereocenters. The van der Waals surface area contributed by atoms with E-state index in [9.17, 15) is 9.59 Å². The second-order valence-corrected chi connectivity index (χ2v) is 9.90. The Morgan fingerprint density at radius 3 is 2.82 bits per heavy atom. The third-order valence-corrected chi connectivity index (χ3v) is 8.04. The van der Waals surface area contributed by atoms with E-state index < -0.39 is 11.5 Å². The van der Waals surface area contributed by atoms with Crippen molar-refractivity contribution in [2.24, 2.45) is 22.6 Å². The van der Waals surface area contributed by atoms with Gasteiger partial charge in [-0.05, 0) is 42.8 Å². The van der Waals surface area contributed by atoms with Crippen molar-refractivity contribution in [3.63, 3.8) is 0 Å². The van der Waals surface area contributed by atoms with Crippen LogP contribution in [0.1, 0.15) is 30.2 Å². The molecule has 2 N–H and O–H groups in total. The number of nitrogens with two attached hydrogens (primary N) is 1. The molecule has 2 aromatic heterocycles. The number of hydrogen-bond donors (Lipinski definition) is 1. The average molecular weight is 478 g/mol. The summed E-state index contributed by atoms with van der Waals surface area (Å²) in [4.78, 5) is 40.0. The highest BCUT2D eigenvalue weighted by molar-refractivity contribution is 7.10. The van der Waals surface area contributed by atoms with Gasteiger partial charge in [-0.25, -0.2) is 4.99 Å². The smallest absolute Gasteiger partial charge is 0.236 e. The van der Waals surface area contributed by atoms with Gasteiger partial charge in [0.25, 0.3) is 0 Å². The van der Waals surface area contributed by atoms with Gasteiger partial charge in [0.2, 0.25) is 11.8 Å². The fourth-order valence-electron chi connectivity index (χ4n) is 5.06. The van der Waals surface area contributed by atoms with Crippen molar-refractivity contribution in [3.05, 3.63) is 40.3 Å². The summed E-state index contributed by atoms with van der Waals surface area (Å²) in [6.07, 6.45) is 4.95. The maximum absolute atomic E-state index is 13.4. The summed E-state index contributed by atoms with van der Waals surface area (Å²) in [5.41, 5.74) is 8.08. The van der Waals surface area contributed by atoms with E-state index in [1.54, 1.807) is 26.4 Å². The van der Waals surface area contributed by atoms with Crippen LogP contribution in [0.5, 0.6) is 0 Å². The number of ether oxygens (including phenoxy) is 1. The molecule has 2 amide bonds. The maximum atomic E-state index is 13.4. The first-order valence-corrected chi connectivity index (χ1v) is 12.3. The van der Waals surface area contributed by atoms with E-state index in [0.717, 1.165) is 21.6 Å². The Morgan fingerprint density at radius 2 is 2.06 bits per heavy atom. The lowest BCUT2D eigenvalue weighted by Gasteiger charge is -2.36. The molecular formula is C25H27N5O3S. The van der Waals surface area contributed by atoms with Gasteiger partial charge in [0.15, 0.2) is 5.96 Å². The predicted molar refractivity (Wildman–Crippen MR) is 130 cm³/mol. The van der Waals surface area contributed by atoms with Gasteiger partial charge in [0.05, 0.1) is 12.5 Å². The van der Waals surface area contributed by atoms with Crippen molar-refractivity contribution < 1.29 is 14.3 Å². The molecule has 0 spiro atoms. The molecule has 9 heteroatoms. The topological polar surface area (TPSA) is 101 Å². The summed E-state index contributed by atoms with van der Waals surface area (Å²) in [5.74, 6) is 5.54. The van der Waals surface area contributed by atoms with Gasteiger partial charge < -0.3 is 15.4 Å². The maximum Gasteiger partial charge on any atom is 0.236 e. The van der Waals surface area contributed by atoms with Crippen LogP contribution in [0.4, 0.5) is 0 Å². The highest BCUT2D eigenvalue weighted by Crippen LogP contribution is 2.47. The highest BCUT2D eigenvalue weighted by Gasteiger charge is 2.57. The summed E-state index contributed by atoms with van der Waals surface area (Å²) in [5, 5.41) is 2.04. The Balaban J connectivity index is 1.52. The van der Waals surface area contributed by atoms with Gasteiger partial charge >= 0.3 is 0 Å². The molecule has 2 aromatic rings. The van der Waals surface area contributed by atoms with E-state index in [1.165, 1.54) is 16.2 Å². The van der Waals surface area contributed by atoms with Crippen molar-refractivity contribution in [2.75, 3.05) is 33.4 Å². The summed E-state index contributed by atoms with van der Waals surface area (Å²) < 4.78 is 5.43. The summed E-state index contributed by atoms with van der Waals surface area (Å²) in [6.45, 7) is 3.66. The molecule has 5 rings (SSSR count). The zero-order chi connectivity index (χ0) is 23.9. The first kappa shape index (κ1) is 22.6. The second-order valence-electron chi connectivity index (χ2n) is 8.99. The Bertz CT molecular complexity index is 1220. The number of rotatable bonds is 3. The van der Waals surface area contributed by atoms with Crippen LogP contribution in [-0.4, -0.2) is 65.9 Å². The molecular weight excluding hydrogens is 450 g/mol. The van der Waals surface area contributed by atoms with E-state index in [1.807, 2.05) is 16.3 Å². The normalized spacial score (nSPS) is 24.9. The fourth-order valence-corrected chi connectivity index (χ4v) is 6.17. The Kier molecular flexibility index (Phi) is 5.88. The minimum atomic E-state index is -0.883. The zero-order valence-electron chi connectivity index (χ0n) is 19.3. The van der Waals surface area contributed by atoms with Crippen molar-refractivity contribution in [2.45, 2.75) is 25.3 Å². The molecule has 2 fully saturated rings. The third kappa shape index (κ3) is 3.77. The van der Waals surface area contributed by atoms with Crippen molar-refractivity contribution >= 4 is 29.1 Å². The second kappa shape index (κ2) is 8.85.